The number of hydrogen-bond donors (Lipinski definition) is 1. The van der Waals surface area contributed by atoms with E-state index in [1.807, 2.05) is 0 Å². The first-order valence-electron chi connectivity index (χ1n) is 7.81. The first-order valence-corrected chi connectivity index (χ1v) is 7.81. The van der Waals surface area contributed by atoms with Crippen LogP contribution in [0.5, 0.6) is 0 Å². The summed E-state index contributed by atoms with van der Waals surface area (Å²) < 4.78 is 6.12. The second-order valence-electron chi connectivity index (χ2n) is 7.13. The molecule has 2 heteroatoms. The van der Waals surface area contributed by atoms with Gasteiger partial charge in [-0.3, -0.25) is 0 Å². The van der Waals surface area contributed by atoms with Gasteiger partial charge >= 0.3 is 0 Å². The van der Waals surface area contributed by atoms with Crippen LogP contribution in [0.3, 0.4) is 0 Å². The summed E-state index contributed by atoms with van der Waals surface area (Å²) in [7, 11) is 0. The topological polar surface area (TPSA) is 29.5 Å². The molecule has 0 aromatic carbocycles. The van der Waals surface area contributed by atoms with E-state index in [0.717, 1.165) is 25.9 Å². The first-order chi connectivity index (χ1) is 8.49. The molecule has 2 unspecified atom stereocenters. The summed E-state index contributed by atoms with van der Waals surface area (Å²) in [6.45, 7) is 7.42. The SMILES string of the molecule is CCC(C)(C)C(O)C1CCOC2(CCCCC2)C1. The van der Waals surface area contributed by atoms with E-state index < -0.39 is 0 Å². The minimum Gasteiger partial charge on any atom is -0.392 e. The average molecular weight is 254 g/mol. The maximum atomic E-state index is 10.7. The highest BCUT2D eigenvalue weighted by Gasteiger charge is 2.43. The van der Waals surface area contributed by atoms with Crippen LogP contribution >= 0.6 is 0 Å². The Hall–Kier alpha value is -0.0800. The molecule has 0 aromatic rings. The second kappa shape index (κ2) is 5.50. The highest BCUT2D eigenvalue weighted by molar-refractivity contribution is 4.94. The molecule has 0 bridgehead atoms. The van der Waals surface area contributed by atoms with Gasteiger partial charge in [-0.15, -0.1) is 0 Å². The zero-order chi connectivity index (χ0) is 13.2. The lowest BCUT2D eigenvalue weighted by molar-refractivity contribution is -0.146. The van der Waals surface area contributed by atoms with Crippen LogP contribution in [0.1, 0.15) is 72.1 Å². The number of rotatable bonds is 3. The zero-order valence-electron chi connectivity index (χ0n) is 12.4. The molecule has 1 saturated heterocycles. The van der Waals surface area contributed by atoms with Crippen molar-refractivity contribution in [3.63, 3.8) is 0 Å². The van der Waals surface area contributed by atoms with Crippen molar-refractivity contribution in [2.24, 2.45) is 11.3 Å². The number of aliphatic hydroxyl groups is 1. The second-order valence-corrected chi connectivity index (χ2v) is 7.13. The Morgan fingerprint density at radius 2 is 1.94 bits per heavy atom. The summed E-state index contributed by atoms with van der Waals surface area (Å²) in [6.07, 6.45) is 9.37. The predicted octanol–water partition coefficient (Wildman–Crippen LogP) is 3.91. The molecule has 2 fully saturated rings. The van der Waals surface area contributed by atoms with Gasteiger partial charge in [0, 0.05) is 6.61 Å². The van der Waals surface area contributed by atoms with Crippen molar-refractivity contribution >= 4 is 0 Å². The average Bonchev–Trinajstić information content (AvgIpc) is 2.39. The molecule has 2 aliphatic rings. The molecular weight excluding hydrogens is 224 g/mol. The van der Waals surface area contributed by atoms with Gasteiger partial charge in [0.15, 0.2) is 0 Å². The molecule has 1 N–H and O–H groups in total. The lowest BCUT2D eigenvalue weighted by Crippen LogP contribution is -2.47. The Labute approximate surface area is 112 Å². The third kappa shape index (κ3) is 2.91. The van der Waals surface area contributed by atoms with Gasteiger partial charge in [0.05, 0.1) is 11.7 Å². The molecule has 2 nitrogen and oxygen atoms in total. The fourth-order valence-corrected chi connectivity index (χ4v) is 3.73. The van der Waals surface area contributed by atoms with Crippen molar-refractivity contribution < 1.29 is 9.84 Å². The molecule has 2 rings (SSSR count). The van der Waals surface area contributed by atoms with Gasteiger partial charge in [0.25, 0.3) is 0 Å². The highest BCUT2D eigenvalue weighted by atomic mass is 16.5. The highest BCUT2D eigenvalue weighted by Crippen LogP contribution is 2.44. The molecule has 1 spiro atoms. The van der Waals surface area contributed by atoms with E-state index in [-0.39, 0.29) is 17.1 Å². The van der Waals surface area contributed by atoms with E-state index in [4.69, 9.17) is 4.74 Å². The first kappa shape index (κ1) is 14.3. The third-order valence-corrected chi connectivity index (χ3v) is 5.45. The van der Waals surface area contributed by atoms with Gasteiger partial charge in [0.2, 0.25) is 0 Å². The molecule has 2 atom stereocenters. The molecule has 106 valence electrons. The van der Waals surface area contributed by atoms with Gasteiger partial charge in [-0.1, -0.05) is 40.0 Å². The maximum Gasteiger partial charge on any atom is 0.0686 e. The molecule has 1 saturated carbocycles. The van der Waals surface area contributed by atoms with Crippen LogP contribution in [-0.4, -0.2) is 23.4 Å². The summed E-state index contributed by atoms with van der Waals surface area (Å²) in [6, 6.07) is 0. The minimum atomic E-state index is -0.176. The predicted molar refractivity (Wildman–Crippen MR) is 74.6 cm³/mol. The summed E-state index contributed by atoms with van der Waals surface area (Å²) >= 11 is 0. The van der Waals surface area contributed by atoms with Gasteiger partial charge in [-0.25, -0.2) is 0 Å². The molecule has 0 radical (unpaired) electrons. The van der Waals surface area contributed by atoms with E-state index in [9.17, 15) is 5.11 Å². The zero-order valence-corrected chi connectivity index (χ0v) is 12.4. The van der Waals surface area contributed by atoms with E-state index >= 15 is 0 Å². The van der Waals surface area contributed by atoms with Gasteiger partial charge in [-0.05, 0) is 43.4 Å². The van der Waals surface area contributed by atoms with Crippen molar-refractivity contribution in [1.82, 2.24) is 0 Å². The molecule has 1 heterocycles. The minimum absolute atomic E-state index is 0.0395. The smallest absolute Gasteiger partial charge is 0.0686 e. The monoisotopic (exact) mass is 254 g/mol. The maximum absolute atomic E-state index is 10.7. The Kier molecular flexibility index (Phi) is 4.38. The van der Waals surface area contributed by atoms with Gasteiger partial charge < -0.3 is 9.84 Å². The third-order valence-electron chi connectivity index (χ3n) is 5.45. The number of hydrogen-bond acceptors (Lipinski definition) is 2. The molecule has 1 aliphatic carbocycles. The molecule has 0 amide bonds. The molecule has 0 aromatic heterocycles. The van der Waals surface area contributed by atoms with Crippen LogP contribution in [-0.2, 0) is 4.74 Å². The molecule has 18 heavy (non-hydrogen) atoms. The summed E-state index contributed by atoms with van der Waals surface area (Å²) in [5.74, 6) is 0.437. The van der Waals surface area contributed by atoms with Crippen LogP contribution in [0.2, 0.25) is 0 Å². The standard InChI is InChI=1S/C16H30O2/c1-4-15(2,3)14(17)13-8-11-18-16(12-13)9-6-5-7-10-16/h13-14,17H,4-12H2,1-3H3. The van der Waals surface area contributed by atoms with Gasteiger partial charge in [0.1, 0.15) is 0 Å². The van der Waals surface area contributed by atoms with Crippen LogP contribution < -0.4 is 0 Å². The van der Waals surface area contributed by atoms with Crippen LogP contribution in [0.15, 0.2) is 0 Å². The Bertz CT molecular complexity index is 261. The van der Waals surface area contributed by atoms with Crippen LogP contribution in [0.4, 0.5) is 0 Å². The van der Waals surface area contributed by atoms with E-state index in [1.54, 1.807) is 0 Å². The normalized spacial score (nSPS) is 30.3. The van der Waals surface area contributed by atoms with Crippen molar-refractivity contribution in [2.75, 3.05) is 6.61 Å². The van der Waals surface area contributed by atoms with E-state index in [2.05, 4.69) is 20.8 Å². The molecular formula is C16H30O2. The van der Waals surface area contributed by atoms with Crippen molar-refractivity contribution in [1.29, 1.82) is 0 Å². The summed E-state index contributed by atoms with van der Waals surface area (Å²) in [5.41, 5.74) is 0.157. The fraction of sp³-hybridized carbons (Fsp3) is 1.00. The Morgan fingerprint density at radius 3 is 2.56 bits per heavy atom. The van der Waals surface area contributed by atoms with Crippen LogP contribution in [0, 0.1) is 11.3 Å². The lowest BCUT2D eigenvalue weighted by Gasteiger charge is -2.47. The lowest BCUT2D eigenvalue weighted by atomic mass is 9.69. The number of ether oxygens (including phenoxy) is 1. The van der Waals surface area contributed by atoms with Gasteiger partial charge in [-0.2, -0.15) is 0 Å². The van der Waals surface area contributed by atoms with E-state index in [1.165, 1.54) is 32.1 Å². The van der Waals surface area contributed by atoms with Crippen molar-refractivity contribution in [3.8, 4) is 0 Å². The fourth-order valence-electron chi connectivity index (χ4n) is 3.73. The summed E-state index contributed by atoms with van der Waals surface area (Å²) in [4.78, 5) is 0. The Morgan fingerprint density at radius 1 is 1.28 bits per heavy atom. The quantitative estimate of drug-likeness (QED) is 0.827. The van der Waals surface area contributed by atoms with E-state index in [0.29, 0.717) is 5.92 Å². The van der Waals surface area contributed by atoms with Crippen molar-refractivity contribution in [2.45, 2.75) is 83.8 Å². The van der Waals surface area contributed by atoms with Crippen LogP contribution in [0.25, 0.3) is 0 Å². The largest absolute Gasteiger partial charge is 0.392 e. The Balaban J connectivity index is 2.02. The van der Waals surface area contributed by atoms with Crippen molar-refractivity contribution in [3.05, 3.63) is 0 Å². The number of aliphatic hydroxyl groups excluding tert-OH is 1. The molecule has 1 aliphatic heterocycles. The summed E-state index contributed by atoms with van der Waals surface area (Å²) in [5, 5.41) is 10.7.